The Labute approximate surface area is 132 Å². The molecule has 0 N–H and O–H groups in total. The van der Waals surface area contributed by atoms with Crippen LogP contribution >= 0.6 is 11.3 Å². The number of benzene rings is 1. The molecule has 22 heavy (non-hydrogen) atoms. The molecule has 1 aliphatic rings. The molecule has 0 saturated heterocycles. The van der Waals surface area contributed by atoms with Gasteiger partial charge in [0.25, 0.3) is 0 Å². The van der Waals surface area contributed by atoms with Gasteiger partial charge in [-0.05, 0) is 5.56 Å². The Morgan fingerprint density at radius 1 is 1.00 bits per heavy atom. The number of rotatable bonds is 3. The first-order valence-corrected chi connectivity index (χ1v) is 8.10. The minimum Gasteiger partial charge on any atom is -0.340 e. The van der Waals surface area contributed by atoms with E-state index >= 15 is 0 Å². The molecule has 0 spiro atoms. The van der Waals surface area contributed by atoms with Crippen LogP contribution in [0.4, 0.5) is 5.13 Å². The van der Waals surface area contributed by atoms with E-state index in [4.69, 9.17) is 0 Å². The SMILES string of the molecule is c1ccc(Cc2nnc(N3CCc4nccnc4C3)s2)cc1. The lowest BCUT2D eigenvalue weighted by Gasteiger charge is -2.26. The maximum Gasteiger partial charge on any atom is 0.208 e. The van der Waals surface area contributed by atoms with Gasteiger partial charge in [0.1, 0.15) is 5.01 Å². The van der Waals surface area contributed by atoms with Crippen molar-refractivity contribution in [1.82, 2.24) is 20.2 Å². The van der Waals surface area contributed by atoms with Gasteiger partial charge in [0.15, 0.2) is 0 Å². The van der Waals surface area contributed by atoms with Crippen LogP contribution in [0.2, 0.25) is 0 Å². The van der Waals surface area contributed by atoms with E-state index in [0.29, 0.717) is 0 Å². The predicted molar refractivity (Wildman–Crippen MR) is 85.9 cm³/mol. The number of aromatic nitrogens is 4. The van der Waals surface area contributed by atoms with E-state index in [0.717, 1.165) is 47.5 Å². The topological polar surface area (TPSA) is 54.8 Å². The molecule has 0 atom stereocenters. The zero-order chi connectivity index (χ0) is 14.8. The molecule has 0 amide bonds. The Hall–Kier alpha value is -2.34. The number of fused-ring (bicyclic) bond motifs is 1. The second-order valence-electron chi connectivity index (χ2n) is 5.26. The molecular weight excluding hydrogens is 294 g/mol. The van der Waals surface area contributed by atoms with Crippen LogP contribution in [0.15, 0.2) is 42.7 Å². The quantitative estimate of drug-likeness (QED) is 0.744. The van der Waals surface area contributed by atoms with Crippen molar-refractivity contribution in [3.63, 3.8) is 0 Å². The van der Waals surface area contributed by atoms with Crippen molar-refractivity contribution >= 4 is 16.5 Å². The molecule has 110 valence electrons. The molecule has 0 unspecified atom stereocenters. The summed E-state index contributed by atoms with van der Waals surface area (Å²) in [6, 6.07) is 10.4. The fraction of sp³-hybridized carbons (Fsp3) is 0.250. The maximum atomic E-state index is 4.42. The molecule has 0 radical (unpaired) electrons. The summed E-state index contributed by atoms with van der Waals surface area (Å²) in [6.45, 7) is 1.69. The van der Waals surface area contributed by atoms with E-state index in [9.17, 15) is 0 Å². The van der Waals surface area contributed by atoms with Gasteiger partial charge in [0.2, 0.25) is 5.13 Å². The first-order chi connectivity index (χ1) is 10.9. The van der Waals surface area contributed by atoms with E-state index in [1.165, 1.54) is 5.56 Å². The first-order valence-electron chi connectivity index (χ1n) is 7.28. The Morgan fingerprint density at radius 2 is 1.82 bits per heavy atom. The Morgan fingerprint density at radius 3 is 2.68 bits per heavy atom. The molecule has 0 bridgehead atoms. The highest BCUT2D eigenvalue weighted by Crippen LogP contribution is 2.26. The molecule has 0 saturated carbocycles. The van der Waals surface area contributed by atoms with Gasteiger partial charge in [-0.1, -0.05) is 41.7 Å². The fourth-order valence-corrected chi connectivity index (χ4v) is 3.51. The molecule has 3 aromatic rings. The number of nitrogens with zero attached hydrogens (tertiary/aromatic N) is 5. The van der Waals surface area contributed by atoms with Crippen LogP contribution in [0.5, 0.6) is 0 Å². The maximum absolute atomic E-state index is 4.42. The van der Waals surface area contributed by atoms with Crippen molar-refractivity contribution in [2.45, 2.75) is 19.4 Å². The average Bonchev–Trinajstić information content (AvgIpc) is 3.04. The van der Waals surface area contributed by atoms with Crippen LogP contribution in [0.25, 0.3) is 0 Å². The molecule has 2 aromatic heterocycles. The van der Waals surface area contributed by atoms with E-state index in [2.05, 4.69) is 49.3 Å². The summed E-state index contributed by atoms with van der Waals surface area (Å²) in [7, 11) is 0. The van der Waals surface area contributed by atoms with Crippen LogP contribution < -0.4 is 4.90 Å². The summed E-state index contributed by atoms with van der Waals surface area (Å²) < 4.78 is 0. The smallest absolute Gasteiger partial charge is 0.208 e. The third-order valence-corrected chi connectivity index (χ3v) is 4.73. The fourth-order valence-electron chi connectivity index (χ4n) is 2.61. The molecule has 6 heteroatoms. The van der Waals surface area contributed by atoms with Gasteiger partial charge >= 0.3 is 0 Å². The lowest BCUT2D eigenvalue weighted by atomic mass is 10.1. The van der Waals surface area contributed by atoms with Gasteiger partial charge in [-0.15, -0.1) is 10.2 Å². The number of hydrogen-bond donors (Lipinski definition) is 0. The molecule has 0 fully saturated rings. The van der Waals surface area contributed by atoms with Crippen LogP contribution in [-0.4, -0.2) is 26.7 Å². The molecule has 1 aliphatic heterocycles. The van der Waals surface area contributed by atoms with Crippen LogP contribution in [0.1, 0.15) is 22.0 Å². The third-order valence-electron chi connectivity index (χ3n) is 3.74. The van der Waals surface area contributed by atoms with Crippen molar-refractivity contribution < 1.29 is 0 Å². The largest absolute Gasteiger partial charge is 0.340 e. The van der Waals surface area contributed by atoms with Gasteiger partial charge in [-0.2, -0.15) is 0 Å². The summed E-state index contributed by atoms with van der Waals surface area (Å²) in [5, 5.41) is 10.7. The molecule has 0 aliphatic carbocycles. The predicted octanol–water partition coefficient (Wildman–Crippen LogP) is 2.48. The van der Waals surface area contributed by atoms with E-state index < -0.39 is 0 Å². The molecule has 1 aromatic carbocycles. The third kappa shape index (κ3) is 2.69. The monoisotopic (exact) mass is 309 g/mol. The second-order valence-corrected chi connectivity index (χ2v) is 6.30. The van der Waals surface area contributed by atoms with Gasteiger partial charge in [0.05, 0.1) is 17.9 Å². The number of hydrogen-bond acceptors (Lipinski definition) is 6. The average molecular weight is 309 g/mol. The van der Waals surface area contributed by atoms with Crippen LogP contribution in [0.3, 0.4) is 0 Å². The summed E-state index contributed by atoms with van der Waals surface area (Å²) in [5.74, 6) is 0. The van der Waals surface area contributed by atoms with Crippen molar-refractivity contribution in [3.8, 4) is 0 Å². The lowest BCUT2D eigenvalue weighted by molar-refractivity contribution is 0.684. The van der Waals surface area contributed by atoms with Crippen LogP contribution in [-0.2, 0) is 19.4 Å². The minimum absolute atomic E-state index is 0.767. The number of anilines is 1. The zero-order valence-electron chi connectivity index (χ0n) is 12.0. The van der Waals surface area contributed by atoms with Gasteiger partial charge in [0, 0.05) is 31.8 Å². The van der Waals surface area contributed by atoms with E-state index in [1.807, 2.05) is 6.07 Å². The van der Waals surface area contributed by atoms with Crippen molar-refractivity contribution in [3.05, 3.63) is 64.7 Å². The van der Waals surface area contributed by atoms with Gasteiger partial charge < -0.3 is 4.90 Å². The minimum atomic E-state index is 0.767. The van der Waals surface area contributed by atoms with Gasteiger partial charge in [-0.25, -0.2) is 0 Å². The summed E-state index contributed by atoms with van der Waals surface area (Å²) in [6.07, 6.45) is 5.26. The Kier molecular flexibility index (Phi) is 3.52. The summed E-state index contributed by atoms with van der Waals surface area (Å²) in [4.78, 5) is 11.0. The highest BCUT2D eigenvalue weighted by molar-refractivity contribution is 7.15. The molecule has 4 rings (SSSR count). The summed E-state index contributed by atoms with van der Waals surface area (Å²) in [5.41, 5.74) is 3.42. The zero-order valence-corrected chi connectivity index (χ0v) is 12.8. The summed E-state index contributed by atoms with van der Waals surface area (Å²) >= 11 is 1.66. The van der Waals surface area contributed by atoms with Crippen molar-refractivity contribution in [2.24, 2.45) is 0 Å². The Balaban J connectivity index is 1.51. The normalized spacial score (nSPS) is 13.9. The Bertz CT molecular complexity index is 771. The molecular formula is C16H15N5S. The van der Waals surface area contributed by atoms with Gasteiger partial charge in [-0.3, -0.25) is 9.97 Å². The first kappa shape index (κ1) is 13.3. The van der Waals surface area contributed by atoms with E-state index in [-0.39, 0.29) is 0 Å². The second kappa shape index (κ2) is 5.81. The van der Waals surface area contributed by atoms with Crippen LogP contribution in [0, 0.1) is 0 Å². The highest BCUT2D eigenvalue weighted by Gasteiger charge is 2.21. The van der Waals surface area contributed by atoms with E-state index in [1.54, 1.807) is 23.7 Å². The standard InChI is InChI=1S/C16H15N5S/c1-2-4-12(5-3-1)10-15-19-20-16(22-15)21-9-6-13-14(11-21)18-8-7-17-13/h1-5,7-8H,6,9-11H2. The highest BCUT2D eigenvalue weighted by atomic mass is 32.1. The van der Waals surface area contributed by atoms with Crippen molar-refractivity contribution in [1.29, 1.82) is 0 Å². The molecule has 3 heterocycles. The lowest BCUT2D eigenvalue weighted by Crippen LogP contribution is -2.31. The van der Waals surface area contributed by atoms with Crippen molar-refractivity contribution in [2.75, 3.05) is 11.4 Å². The molecule has 5 nitrogen and oxygen atoms in total.